The molecule has 1 aromatic rings. The number of benzene rings is 1. The zero-order valence-corrected chi connectivity index (χ0v) is 16.7. The highest BCUT2D eigenvalue weighted by Crippen LogP contribution is 2.40. The first-order valence-corrected chi connectivity index (χ1v) is 9.86. The van der Waals surface area contributed by atoms with Crippen LogP contribution in [0.2, 0.25) is 0 Å². The van der Waals surface area contributed by atoms with Crippen LogP contribution >= 0.6 is 0 Å². The van der Waals surface area contributed by atoms with Gasteiger partial charge >= 0.3 is 0 Å². The third-order valence-electron chi connectivity index (χ3n) is 5.85. The first kappa shape index (κ1) is 19.5. The molecule has 29 heavy (non-hydrogen) atoms. The number of nitrogens with zero attached hydrogens (tertiary/aromatic N) is 4. The molecule has 6 nitrogen and oxygen atoms in total. The number of ether oxygens (including phenoxy) is 1. The van der Waals surface area contributed by atoms with Crippen LogP contribution in [0, 0.1) is 11.7 Å². The van der Waals surface area contributed by atoms with Gasteiger partial charge in [-0.05, 0) is 48.2 Å². The van der Waals surface area contributed by atoms with Gasteiger partial charge < -0.3 is 14.5 Å². The van der Waals surface area contributed by atoms with E-state index in [9.17, 15) is 9.18 Å². The summed E-state index contributed by atoms with van der Waals surface area (Å²) in [5, 5.41) is 0. The Hall–Kier alpha value is -2.80. The summed E-state index contributed by atoms with van der Waals surface area (Å²) >= 11 is 0. The lowest BCUT2D eigenvalue weighted by Crippen LogP contribution is -2.39. The highest BCUT2D eigenvalue weighted by atomic mass is 19.1. The predicted molar refractivity (Wildman–Crippen MR) is 111 cm³/mol. The van der Waals surface area contributed by atoms with E-state index in [1.807, 2.05) is 24.2 Å². The van der Waals surface area contributed by atoms with Gasteiger partial charge in [0.25, 0.3) is 0 Å². The van der Waals surface area contributed by atoms with E-state index in [4.69, 9.17) is 4.74 Å². The monoisotopic (exact) mass is 396 g/mol. The maximum absolute atomic E-state index is 13.4. The van der Waals surface area contributed by atoms with Gasteiger partial charge in [-0.3, -0.25) is 4.79 Å². The normalized spacial score (nSPS) is 24.7. The third kappa shape index (κ3) is 3.87. The van der Waals surface area contributed by atoms with Gasteiger partial charge in [-0.1, -0.05) is 6.08 Å². The van der Waals surface area contributed by atoms with E-state index >= 15 is 0 Å². The maximum atomic E-state index is 13.4. The number of amides is 1. The maximum Gasteiger partial charge on any atom is 0.246 e. The number of halogens is 1. The van der Waals surface area contributed by atoms with Crippen molar-refractivity contribution in [3.05, 3.63) is 53.4 Å². The van der Waals surface area contributed by atoms with Crippen molar-refractivity contribution in [2.24, 2.45) is 15.9 Å². The van der Waals surface area contributed by atoms with E-state index in [0.29, 0.717) is 13.1 Å². The highest BCUT2D eigenvalue weighted by Gasteiger charge is 2.38. The third-order valence-corrected chi connectivity index (χ3v) is 5.85. The molecule has 0 radical (unpaired) electrons. The Bertz CT molecular complexity index is 883. The average molecular weight is 396 g/mol. The second kappa shape index (κ2) is 8.29. The van der Waals surface area contributed by atoms with Crippen LogP contribution in [0.1, 0.15) is 18.4 Å². The predicted octanol–water partition coefficient (Wildman–Crippen LogP) is 2.73. The number of methoxy groups -OCH3 is 1. The van der Waals surface area contributed by atoms with Crippen LogP contribution in [0.4, 0.5) is 4.39 Å². The van der Waals surface area contributed by atoms with Gasteiger partial charge in [0, 0.05) is 45.2 Å². The Labute approximate surface area is 170 Å². The summed E-state index contributed by atoms with van der Waals surface area (Å²) in [7, 11) is 3.68. The molecule has 0 aliphatic carbocycles. The van der Waals surface area contributed by atoms with Crippen molar-refractivity contribution in [2.45, 2.75) is 25.1 Å². The zero-order chi connectivity index (χ0) is 20.4. The van der Waals surface area contributed by atoms with Crippen molar-refractivity contribution in [2.75, 3.05) is 27.2 Å². The molecule has 3 aliphatic rings. The summed E-state index contributed by atoms with van der Waals surface area (Å²) in [4.78, 5) is 25.3. The quantitative estimate of drug-likeness (QED) is 0.736. The number of hydrogen-bond donors (Lipinski definition) is 0. The fourth-order valence-electron chi connectivity index (χ4n) is 4.23. The number of likely N-dealkylation sites (tertiary alicyclic amines) is 1. The summed E-state index contributed by atoms with van der Waals surface area (Å²) in [6.45, 7) is 1.40. The number of piperidine rings is 1. The van der Waals surface area contributed by atoms with E-state index in [0.717, 1.165) is 29.7 Å². The molecular weight excluding hydrogens is 371 g/mol. The molecule has 0 saturated carbocycles. The average Bonchev–Trinajstić information content (AvgIpc) is 3.04. The topological polar surface area (TPSA) is 57.5 Å². The van der Waals surface area contributed by atoms with E-state index in [-0.39, 0.29) is 29.9 Å². The van der Waals surface area contributed by atoms with Gasteiger partial charge in [-0.15, -0.1) is 0 Å². The molecule has 1 fully saturated rings. The molecular formula is C22H25FN4O2. The molecule has 2 unspecified atom stereocenters. The minimum absolute atomic E-state index is 0.00661. The largest absolute Gasteiger partial charge is 0.381 e. The summed E-state index contributed by atoms with van der Waals surface area (Å²) in [6, 6.07) is 6.40. The van der Waals surface area contributed by atoms with Crippen molar-refractivity contribution in [1.29, 1.82) is 0 Å². The van der Waals surface area contributed by atoms with Gasteiger partial charge in [0.1, 0.15) is 18.3 Å². The lowest BCUT2D eigenvalue weighted by Gasteiger charge is -2.30. The Morgan fingerprint density at radius 3 is 2.66 bits per heavy atom. The van der Waals surface area contributed by atoms with Gasteiger partial charge in [0.2, 0.25) is 5.91 Å². The van der Waals surface area contributed by atoms with Gasteiger partial charge in [0.15, 0.2) is 0 Å². The number of aliphatic imine (C=N–C) groups is 2. The van der Waals surface area contributed by atoms with Crippen LogP contribution in [-0.2, 0) is 9.53 Å². The van der Waals surface area contributed by atoms with Crippen molar-refractivity contribution in [3.63, 3.8) is 0 Å². The van der Waals surface area contributed by atoms with Crippen LogP contribution < -0.4 is 0 Å². The molecule has 2 atom stereocenters. The second-order valence-corrected chi connectivity index (χ2v) is 7.52. The van der Waals surface area contributed by atoms with Crippen LogP contribution in [0.5, 0.6) is 0 Å². The molecule has 1 saturated heterocycles. The van der Waals surface area contributed by atoms with E-state index in [2.05, 4.69) is 14.9 Å². The molecule has 0 bridgehead atoms. The molecule has 1 aromatic carbocycles. The Morgan fingerprint density at radius 2 is 1.97 bits per heavy atom. The molecule has 3 aliphatic heterocycles. The van der Waals surface area contributed by atoms with Crippen LogP contribution in [0.25, 0.3) is 5.70 Å². The fourth-order valence-corrected chi connectivity index (χ4v) is 4.23. The summed E-state index contributed by atoms with van der Waals surface area (Å²) in [5.74, 6) is -0.333. The van der Waals surface area contributed by atoms with Crippen molar-refractivity contribution in [3.8, 4) is 0 Å². The number of fused-ring (bicyclic) bond motifs is 1. The van der Waals surface area contributed by atoms with E-state index in [1.165, 1.54) is 12.1 Å². The smallest absolute Gasteiger partial charge is 0.246 e. The summed E-state index contributed by atoms with van der Waals surface area (Å²) < 4.78 is 18.8. The Kier molecular flexibility index (Phi) is 5.58. The first-order chi connectivity index (χ1) is 14.1. The molecule has 152 valence electrons. The molecule has 0 spiro atoms. The fraction of sp³-hybridized carbons (Fsp3) is 0.409. The van der Waals surface area contributed by atoms with Crippen molar-refractivity contribution < 1.29 is 13.9 Å². The SMILES string of the molecule is COC1CCN(C(=O)/C=C/C2=C(c3ccc(F)cc3)N(C)C3N=CN=CC23)CC1. The molecule has 3 heterocycles. The molecule has 1 amide bonds. The molecule has 0 aromatic heterocycles. The van der Waals surface area contributed by atoms with E-state index in [1.54, 1.807) is 31.7 Å². The number of rotatable bonds is 4. The molecule has 4 rings (SSSR count). The standard InChI is InChI=1S/C22H25FN4O2/c1-26-21(15-3-5-16(23)6-4-15)18(19-13-24-14-25-22(19)26)7-8-20(28)27-11-9-17(29-2)10-12-27/h3-8,13-14,17,19,22H,9-12H2,1-2H3/b8-7+. The Morgan fingerprint density at radius 1 is 1.24 bits per heavy atom. The minimum Gasteiger partial charge on any atom is -0.381 e. The summed E-state index contributed by atoms with van der Waals surface area (Å²) in [5.41, 5.74) is 2.79. The number of carbonyl (C=O) groups is 1. The van der Waals surface area contributed by atoms with E-state index < -0.39 is 0 Å². The second-order valence-electron chi connectivity index (χ2n) is 7.52. The molecule has 0 N–H and O–H groups in total. The minimum atomic E-state index is -0.279. The van der Waals surface area contributed by atoms with Crippen LogP contribution in [0.15, 0.2) is 52.0 Å². The first-order valence-electron chi connectivity index (χ1n) is 9.86. The van der Waals surface area contributed by atoms with Crippen molar-refractivity contribution in [1.82, 2.24) is 9.80 Å². The van der Waals surface area contributed by atoms with Crippen molar-refractivity contribution >= 4 is 24.2 Å². The van der Waals surface area contributed by atoms with Crippen LogP contribution in [-0.4, -0.2) is 67.8 Å². The summed E-state index contributed by atoms with van der Waals surface area (Å²) in [6.07, 6.45) is 8.75. The number of allylic oxidation sites excluding steroid dienone is 1. The number of hydrogen-bond acceptors (Lipinski definition) is 5. The lowest BCUT2D eigenvalue weighted by atomic mass is 9.96. The number of carbonyl (C=O) groups excluding carboxylic acids is 1. The van der Waals surface area contributed by atoms with Gasteiger partial charge in [-0.25, -0.2) is 14.4 Å². The van der Waals surface area contributed by atoms with Gasteiger partial charge in [0.05, 0.1) is 12.0 Å². The van der Waals surface area contributed by atoms with Gasteiger partial charge in [-0.2, -0.15) is 0 Å². The lowest BCUT2D eigenvalue weighted by molar-refractivity contribution is -0.128. The van der Waals surface area contributed by atoms with Crippen LogP contribution in [0.3, 0.4) is 0 Å². The molecule has 7 heteroatoms. The zero-order valence-electron chi connectivity index (χ0n) is 16.7. The Balaban J connectivity index is 1.61. The highest BCUT2D eigenvalue weighted by molar-refractivity contribution is 5.91.